The van der Waals surface area contributed by atoms with Crippen molar-refractivity contribution in [2.45, 2.75) is 12.5 Å². The van der Waals surface area contributed by atoms with E-state index in [0.29, 0.717) is 6.54 Å². The van der Waals surface area contributed by atoms with Gasteiger partial charge in [0.15, 0.2) is 0 Å². The van der Waals surface area contributed by atoms with Crippen molar-refractivity contribution in [3.05, 3.63) is 66.0 Å². The van der Waals surface area contributed by atoms with Gasteiger partial charge >= 0.3 is 0 Å². The second kappa shape index (κ2) is 5.05. The van der Waals surface area contributed by atoms with Gasteiger partial charge in [-0.25, -0.2) is 0 Å². The molecule has 0 bridgehead atoms. The van der Waals surface area contributed by atoms with Crippen molar-refractivity contribution < 1.29 is 10.2 Å². The van der Waals surface area contributed by atoms with Gasteiger partial charge in [-0.2, -0.15) is 0 Å². The fraction of sp³-hybridized carbons (Fsp3) is 0.154. The number of aromatic nitrogens is 1. The van der Waals surface area contributed by atoms with E-state index in [4.69, 9.17) is 0 Å². The number of nitrogens with zero attached hydrogens (tertiary/aromatic N) is 1. The van der Waals surface area contributed by atoms with Crippen LogP contribution in [0.1, 0.15) is 11.3 Å². The van der Waals surface area contributed by atoms with Crippen molar-refractivity contribution in [2.75, 3.05) is 0 Å². The van der Waals surface area contributed by atoms with E-state index in [9.17, 15) is 10.2 Å². The molecule has 0 spiro atoms. The zero-order valence-electron chi connectivity index (χ0n) is 9.24. The highest BCUT2D eigenvalue weighted by Gasteiger charge is 2.26. The minimum atomic E-state index is -2.11. The topological polar surface area (TPSA) is 65.4 Å². The van der Waals surface area contributed by atoms with E-state index in [0.717, 1.165) is 5.56 Å². The predicted molar refractivity (Wildman–Crippen MR) is 63.6 cm³/mol. The third-order valence-electron chi connectivity index (χ3n) is 2.40. The molecule has 3 N–H and O–H groups in total. The molecule has 4 heteroatoms. The first kappa shape index (κ1) is 11.7. The van der Waals surface area contributed by atoms with Crippen molar-refractivity contribution in [3.63, 3.8) is 0 Å². The van der Waals surface area contributed by atoms with E-state index in [1.807, 2.05) is 30.3 Å². The molecule has 0 amide bonds. The van der Waals surface area contributed by atoms with Crippen LogP contribution in [-0.4, -0.2) is 15.2 Å². The fourth-order valence-electron chi connectivity index (χ4n) is 1.48. The molecule has 0 atom stereocenters. The molecule has 88 valence electrons. The van der Waals surface area contributed by atoms with E-state index < -0.39 is 5.91 Å². The second-order valence-corrected chi connectivity index (χ2v) is 3.73. The van der Waals surface area contributed by atoms with Crippen LogP contribution in [0.25, 0.3) is 0 Å². The molecular weight excluding hydrogens is 216 g/mol. The van der Waals surface area contributed by atoms with E-state index in [2.05, 4.69) is 10.3 Å². The molecular formula is C13H14N2O2. The van der Waals surface area contributed by atoms with Gasteiger partial charge in [-0.15, -0.1) is 0 Å². The van der Waals surface area contributed by atoms with Crippen molar-refractivity contribution in [1.29, 1.82) is 0 Å². The number of pyridine rings is 1. The standard InChI is InChI=1S/C13H14N2O2/c16-13(17,12-8-4-5-9-14-12)15-10-11-6-2-1-3-7-11/h1-9,15-17H,10H2. The lowest BCUT2D eigenvalue weighted by Gasteiger charge is -2.22. The van der Waals surface area contributed by atoms with Gasteiger partial charge in [-0.3, -0.25) is 10.3 Å². The molecule has 1 heterocycles. The van der Waals surface area contributed by atoms with Gasteiger partial charge in [0.25, 0.3) is 5.91 Å². The molecule has 4 nitrogen and oxygen atoms in total. The highest BCUT2D eigenvalue weighted by Crippen LogP contribution is 2.12. The van der Waals surface area contributed by atoms with Gasteiger partial charge in [0.2, 0.25) is 0 Å². The van der Waals surface area contributed by atoms with E-state index in [1.54, 1.807) is 18.2 Å². The monoisotopic (exact) mass is 230 g/mol. The smallest absolute Gasteiger partial charge is 0.268 e. The molecule has 0 aliphatic carbocycles. The zero-order chi connectivity index (χ0) is 12.1. The van der Waals surface area contributed by atoms with Crippen LogP contribution in [0.2, 0.25) is 0 Å². The minimum absolute atomic E-state index is 0.177. The lowest BCUT2D eigenvalue weighted by molar-refractivity contribution is -0.199. The summed E-state index contributed by atoms with van der Waals surface area (Å²) in [6, 6.07) is 14.5. The predicted octanol–water partition coefficient (Wildman–Crippen LogP) is 0.966. The summed E-state index contributed by atoms with van der Waals surface area (Å²) in [7, 11) is 0. The SMILES string of the molecule is OC(O)(NCc1ccccc1)c1ccccn1. The van der Waals surface area contributed by atoms with Crippen molar-refractivity contribution >= 4 is 0 Å². The number of nitrogens with one attached hydrogen (secondary N) is 1. The molecule has 1 aromatic heterocycles. The van der Waals surface area contributed by atoms with Crippen LogP contribution in [0.5, 0.6) is 0 Å². The molecule has 2 aromatic rings. The van der Waals surface area contributed by atoms with Crippen LogP contribution in [0.15, 0.2) is 54.7 Å². The molecule has 0 unspecified atom stereocenters. The van der Waals surface area contributed by atoms with Crippen molar-refractivity contribution in [2.24, 2.45) is 0 Å². The maximum atomic E-state index is 9.83. The molecule has 0 fully saturated rings. The Labute approximate surface area is 99.6 Å². The van der Waals surface area contributed by atoms with Crippen molar-refractivity contribution in [1.82, 2.24) is 10.3 Å². The highest BCUT2D eigenvalue weighted by atomic mass is 16.5. The van der Waals surface area contributed by atoms with Gasteiger partial charge in [-0.1, -0.05) is 36.4 Å². The molecule has 17 heavy (non-hydrogen) atoms. The number of rotatable bonds is 4. The maximum Gasteiger partial charge on any atom is 0.268 e. The molecule has 0 saturated carbocycles. The lowest BCUT2D eigenvalue weighted by atomic mass is 10.2. The van der Waals surface area contributed by atoms with Crippen molar-refractivity contribution in [3.8, 4) is 0 Å². The van der Waals surface area contributed by atoms with Crippen LogP contribution in [0.3, 0.4) is 0 Å². The first-order valence-electron chi connectivity index (χ1n) is 5.34. The third kappa shape index (κ3) is 3.10. The average molecular weight is 230 g/mol. The Bertz CT molecular complexity index is 457. The molecule has 0 aliphatic rings. The summed E-state index contributed by atoms with van der Waals surface area (Å²) in [5.74, 6) is -2.11. The largest absolute Gasteiger partial charge is 0.348 e. The lowest BCUT2D eigenvalue weighted by Crippen LogP contribution is -2.42. The normalized spacial score (nSPS) is 11.4. The van der Waals surface area contributed by atoms with Crippen LogP contribution in [0, 0.1) is 0 Å². The fourth-order valence-corrected chi connectivity index (χ4v) is 1.48. The second-order valence-electron chi connectivity index (χ2n) is 3.73. The van der Waals surface area contributed by atoms with Crippen LogP contribution in [-0.2, 0) is 12.5 Å². The summed E-state index contributed by atoms with van der Waals surface area (Å²) in [5, 5.41) is 22.3. The van der Waals surface area contributed by atoms with Crippen LogP contribution in [0.4, 0.5) is 0 Å². The van der Waals surface area contributed by atoms with E-state index >= 15 is 0 Å². The maximum absolute atomic E-state index is 9.83. The number of hydrogen-bond donors (Lipinski definition) is 3. The summed E-state index contributed by atoms with van der Waals surface area (Å²) < 4.78 is 0. The molecule has 2 rings (SSSR count). The first-order chi connectivity index (χ1) is 8.18. The Kier molecular flexibility index (Phi) is 3.49. The molecule has 0 aliphatic heterocycles. The Morgan fingerprint density at radius 1 is 1.00 bits per heavy atom. The molecule has 0 radical (unpaired) electrons. The Hall–Kier alpha value is -1.75. The first-order valence-corrected chi connectivity index (χ1v) is 5.34. The Morgan fingerprint density at radius 2 is 1.71 bits per heavy atom. The highest BCUT2D eigenvalue weighted by molar-refractivity contribution is 5.15. The average Bonchev–Trinajstić information content (AvgIpc) is 2.39. The summed E-state index contributed by atoms with van der Waals surface area (Å²) in [6.07, 6.45) is 1.51. The number of hydrogen-bond acceptors (Lipinski definition) is 4. The van der Waals surface area contributed by atoms with Gasteiger partial charge in [0.1, 0.15) is 5.69 Å². The van der Waals surface area contributed by atoms with Crippen LogP contribution >= 0.6 is 0 Å². The van der Waals surface area contributed by atoms with Gasteiger partial charge in [0, 0.05) is 12.7 Å². The number of aliphatic hydroxyl groups is 2. The third-order valence-corrected chi connectivity index (χ3v) is 2.40. The van der Waals surface area contributed by atoms with E-state index in [1.165, 1.54) is 6.20 Å². The summed E-state index contributed by atoms with van der Waals surface area (Å²) in [4.78, 5) is 3.90. The van der Waals surface area contributed by atoms with Gasteiger partial charge < -0.3 is 10.2 Å². The van der Waals surface area contributed by atoms with Crippen LogP contribution < -0.4 is 5.32 Å². The quantitative estimate of drug-likeness (QED) is 0.685. The Morgan fingerprint density at radius 3 is 2.35 bits per heavy atom. The van der Waals surface area contributed by atoms with Gasteiger partial charge in [0.05, 0.1) is 0 Å². The molecule has 1 aromatic carbocycles. The number of benzene rings is 1. The zero-order valence-corrected chi connectivity index (χ0v) is 9.24. The summed E-state index contributed by atoms with van der Waals surface area (Å²) in [6.45, 7) is 0.352. The minimum Gasteiger partial charge on any atom is -0.348 e. The summed E-state index contributed by atoms with van der Waals surface area (Å²) >= 11 is 0. The summed E-state index contributed by atoms with van der Waals surface area (Å²) in [5.41, 5.74) is 1.15. The molecule has 0 saturated heterocycles. The Balaban J connectivity index is 2.03. The van der Waals surface area contributed by atoms with E-state index in [-0.39, 0.29) is 5.69 Å². The van der Waals surface area contributed by atoms with Gasteiger partial charge in [-0.05, 0) is 17.7 Å².